The van der Waals surface area contributed by atoms with Crippen LogP contribution in [0.2, 0.25) is 6.55 Å². The lowest BCUT2D eigenvalue weighted by molar-refractivity contribution is 1.12. The molecule has 66 valence electrons. The highest BCUT2D eigenvalue weighted by Crippen LogP contribution is 2.36. The van der Waals surface area contributed by atoms with Gasteiger partial charge >= 0.3 is 0 Å². The number of hydrogen-bond acceptors (Lipinski definition) is 0. The van der Waals surface area contributed by atoms with Gasteiger partial charge in [0, 0.05) is 9.52 Å². The Hall–Kier alpha value is -0.823. The van der Waals surface area contributed by atoms with E-state index in [-0.39, 0.29) is 0 Å². The smallest absolute Gasteiger partial charge is 0.0496 e. The fourth-order valence-corrected chi connectivity index (χ4v) is 3.19. The Morgan fingerprint density at radius 2 is 2.00 bits per heavy atom. The van der Waals surface area contributed by atoms with Gasteiger partial charge in [-0.2, -0.15) is 0 Å². The van der Waals surface area contributed by atoms with Gasteiger partial charge in [0.1, 0.15) is 0 Å². The van der Waals surface area contributed by atoms with E-state index < -0.39 is 0 Å². The highest BCUT2D eigenvalue weighted by atomic mass is 28.2. The number of aryl methyl sites for hydroxylation is 1. The van der Waals surface area contributed by atoms with Crippen LogP contribution in [-0.4, -0.2) is 9.52 Å². The van der Waals surface area contributed by atoms with Crippen LogP contribution >= 0.6 is 0 Å². The lowest BCUT2D eigenvalue weighted by atomic mass is 10.0. The van der Waals surface area contributed by atoms with Crippen LogP contribution in [0, 0.1) is 6.92 Å². The first-order valence-electron chi connectivity index (χ1n) is 4.69. The summed E-state index contributed by atoms with van der Waals surface area (Å²) in [6.07, 6.45) is 2.35. The molecule has 0 amide bonds. The number of allylic oxidation sites excluding steroid dienone is 1. The summed E-state index contributed by atoms with van der Waals surface area (Å²) < 4.78 is 0. The van der Waals surface area contributed by atoms with E-state index in [1.54, 1.807) is 5.56 Å². The van der Waals surface area contributed by atoms with Gasteiger partial charge < -0.3 is 0 Å². The average Bonchev–Trinajstić information content (AvgIpc) is 2.43. The summed E-state index contributed by atoms with van der Waals surface area (Å²) in [4.78, 5) is 0. The van der Waals surface area contributed by atoms with Crippen LogP contribution in [0.25, 0.3) is 6.08 Å². The molecule has 13 heavy (non-hydrogen) atoms. The molecular formula is C12H14Si. The summed E-state index contributed by atoms with van der Waals surface area (Å²) in [5.41, 5.74) is 6.66. The second-order valence-corrected chi connectivity index (χ2v) is 4.84. The van der Waals surface area contributed by atoms with Gasteiger partial charge in [-0.05, 0) is 36.1 Å². The van der Waals surface area contributed by atoms with Crippen molar-refractivity contribution in [3.05, 3.63) is 40.5 Å². The lowest BCUT2D eigenvalue weighted by Gasteiger charge is -2.11. The van der Waals surface area contributed by atoms with Crippen LogP contribution in [0.5, 0.6) is 0 Å². The normalized spacial score (nSPS) is 19.9. The van der Waals surface area contributed by atoms with Crippen LogP contribution in [0.15, 0.2) is 23.8 Å². The molecule has 0 fully saturated rings. The molecule has 0 saturated carbocycles. The Kier molecular flexibility index (Phi) is 2.12. The molecule has 0 heterocycles. The molecule has 0 spiro atoms. The van der Waals surface area contributed by atoms with Gasteiger partial charge in [0.05, 0.1) is 0 Å². The van der Waals surface area contributed by atoms with Crippen LogP contribution in [-0.2, 0) is 0 Å². The number of hydrogen-bond donors (Lipinski definition) is 0. The van der Waals surface area contributed by atoms with Gasteiger partial charge in [-0.25, -0.2) is 0 Å². The summed E-state index contributed by atoms with van der Waals surface area (Å²) in [5, 5.41) is 0. The van der Waals surface area contributed by atoms with Gasteiger partial charge in [0.15, 0.2) is 0 Å². The van der Waals surface area contributed by atoms with Crippen molar-refractivity contribution < 1.29 is 0 Å². The third-order valence-corrected chi connectivity index (χ3v) is 4.13. The minimum Gasteiger partial charge on any atom is -0.0724 e. The Labute approximate surface area is 82.5 Å². The minimum absolute atomic E-state index is 0.704. The third kappa shape index (κ3) is 1.27. The number of benzene rings is 1. The highest BCUT2D eigenvalue weighted by Gasteiger charge is 2.21. The summed E-state index contributed by atoms with van der Waals surface area (Å²) in [5.74, 6) is 0. The van der Waals surface area contributed by atoms with E-state index in [0.29, 0.717) is 5.54 Å². The Bertz CT molecular complexity index is 363. The molecule has 1 heteroatoms. The molecule has 1 aliphatic rings. The Morgan fingerprint density at radius 1 is 1.23 bits per heavy atom. The fourth-order valence-electron chi connectivity index (χ4n) is 2.09. The van der Waals surface area contributed by atoms with Crippen LogP contribution in [0.3, 0.4) is 0 Å². The third-order valence-electron chi connectivity index (χ3n) is 2.78. The molecule has 0 nitrogen and oxygen atoms in total. The first-order valence-corrected chi connectivity index (χ1v) is 6.26. The molecule has 0 N–H and O–H groups in total. The van der Waals surface area contributed by atoms with E-state index in [1.165, 1.54) is 16.7 Å². The molecule has 2 radical (unpaired) electrons. The predicted octanol–water partition coefficient (Wildman–Crippen LogP) is 3.21. The first-order chi connectivity index (χ1) is 6.24. The number of rotatable bonds is 1. The monoisotopic (exact) mass is 186 g/mol. The van der Waals surface area contributed by atoms with Crippen molar-refractivity contribution in [1.82, 2.24) is 0 Å². The van der Waals surface area contributed by atoms with Crippen molar-refractivity contribution in [3.63, 3.8) is 0 Å². The van der Waals surface area contributed by atoms with Crippen LogP contribution < -0.4 is 0 Å². The molecule has 1 atom stereocenters. The molecule has 1 aromatic carbocycles. The number of fused-ring (bicyclic) bond motifs is 1. The van der Waals surface area contributed by atoms with Crippen molar-refractivity contribution in [2.45, 2.75) is 25.9 Å². The van der Waals surface area contributed by atoms with E-state index >= 15 is 0 Å². The summed E-state index contributed by atoms with van der Waals surface area (Å²) in [6, 6.07) is 6.65. The quantitative estimate of drug-likeness (QED) is 0.591. The second kappa shape index (κ2) is 3.15. The first kappa shape index (κ1) is 8.76. The standard InChI is InChI=1S/C12H14Si/c1-8-5-4-6-10-11(8)7-9(2)12(10)13-3/h4-7,12H,1-3H3. The maximum Gasteiger partial charge on any atom is 0.0496 e. The summed E-state index contributed by atoms with van der Waals surface area (Å²) in [6.45, 7) is 6.74. The average molecular weight is 186 g/mol. The molecule has 1 aliphatic carbocycles. The van der Waals surface area contributed by atoms with Crippen molar-refractivity contribution in [2.24, 2.45) is 0 Å². The topological polar surface area (TPSA) is 0 Å². The largest absolute Gasteiger partial charge is 0.0724 e. The highest BCUT2D eigenvalue weighted by molar-refractivity contribution is 6.38. The van der Waals surface area contributed by atoms with E-state index in [1.807, 2.05) is 0 Å². The minimum atomic E-state index is 0.704. The SMILES string of the molecule is C[Si]C1C(C)=Cc2c(C)cccc21. The van der Waals surface area contributed by atoms with E-state index in [9.17, 15) is 0 Å². The van der Waals surface area contributed by atoms with Gasteiger partial charge in [-0.15, -0.1) is 0 Å². The van der Waals surface area contributed by atoms with Crippen LogP contribution in [0.4, 0.5) is 0 Å². The molecule has 0 bridgehead atoms. The maximum atomic E-state index is 2.35. The van der Waals surface area contributed by atoms with Crippen molar-refractivity contribution >= 4 is 15.6 Å². The van der Waals surface area contributed by atoms with E-state index in [2.05, 4.69) is 44.7 Å². The maximum absolute atomic E-state index is 2.35. The molecule has 0 aromatic heterocycles. The summed E-state index contributed by atoms with van der Waals surface area (Å²) in [7, 11) is 0.987. The van der Waals surface area contributed by atoms with Crippen LogP contribution in [0.1, 0.15) is 29.2 Å². The fraction of sp³-hybridized carbons (Fsp3) is 0.333. The lowest BCUT2D eigenvalue weighted by Crippen LogP contribution is -2.03. The molecule has 1 aromatic rings. The van der Waals surface area contributed by atoms with Crippen molar-refractivity contribution in [3.8, 4) is 0 Å². The van der Waals surface area contributed by atoms with E-state index in [4.69, 9.17) is 0 Å². The molecule has 1 unspecified atom stereocenters. The zero-order valence-corrected chi connectivity index (χ0v) is 9.39. The van der Waals surface area contributed by atoms with Gasteiger partial charge in [0.2, 0.25) is 0 Å². The zero-order chi connectivity index (χ0) is 9.42. The van der Waals surface area contributed by atoms with Gasteiger partial charge in [-0.1, -0.05) is 36.4 Å². The van der Waals surface area contributed by atoms with Gasteiger partial charge in [-0.3, -0.25) is 0 Å². The Morgan fingerprint density at radius 3 is 2.69 bits per heavy atom. The zero-order valence-electron chi connectivity index (χ0n) is 8.39. The molecular weight excluding hydrogens is 172 g/mol. The summed E-state index contributed by atoms with van der Waals surface area (Å²) >= 11 is 0. The van der Waals surface area contributed by atoms with Crippen molar-refractivity contribution in [1.29, 1.82) is 0 Å². The molecule has 2 rings (SSSR count). The molecule has 0 aliphatic heterocycles. The van der Waals surface area contributed by atoms with E-state index in [0.717, 1.165) is 9.52 Å². The van der Waals surface area contributed by atoms with Crippen molar-refractivity contribution in [2.75, 3.05) is 0 Å². The van der Waals surface area contributed by atoms with Gasteiger partial charge in [0.25, 0.3) is 0 Å². The Balaban J connectivity index is 2.57. The second-order valence-electron chi connectivity index (χ2n) is 3.69. The molecule has 0 saturated heterocycles. The predicted molar refractivity (Wildman–Crippen MR) is 59.2 cm³/mol.